The number of halogens is 1. The number of rotatable bonds is 20. The molecule has 3 fully saturated rings. The number of nitro groups is 1. The average molecular weight is 1160 g/mol. The van der Waals surface area contributed by atoms with Crippen LogP contribution in [0.25, 0.3) is 21.8 Å². The third kappa shape index (κ3) is 13.2. The number of piperazine rings is 1. The van der Waals surface area contributed by atoms with Crippen LogP contribution < -0.4 is 4.90 Å². The van der Waals surface area contributed by atoms with Gasteiger partial charge in [0.25, 0.3) is 11.6 Å². The maximum atomic E-state index is 14.1. The smallest absolute Gasteiger partial charge is 0.270 e. The van der Waals surface area contributed by atoms with Crippen molar-refractivity contribution in [3.8, 4) is 6.07 Å². The lowest BCUT2D eigenvalue weighted by molar-refractivity contribution is -0.384. The molecule has 3 aliphatic rings. The van der Waals surface area contributed by atoms with Crippen molar-refractivity contribution in [2.24, 2.45) is 5.92 Å². The van der Waals surface area contributed by atoms with E-state index >= 15 is 0 Å². The molecule has 0 aliphatic carbocycles. The average Bonchev–Trinajstić information content (AvgIpc) is 3.98. The number of nitro benzene ring substituents is 1. The van der Waals surface area contributed by atoms with E-state index in [0.717, 1.165) is 44.4 Å². The normalized spacial score (nSPS) is 15.2. The fourth-order valence-corrected chi connectivity index (χ4v) is 11.3. The summed E-state index contributed by atoms with van der Waals surface area (Å²) in [6.45, 7) is 16.8. The van der Waals surface area contributed by atoms with Gasteiger partial charge in [-0.3, -0.25) is 43.7 Å². The Morgan fingerprint density at radius 1 is 0.852 bits per heavy atom. The van der Waals surface area contributed by atoms with Gasteiger partial charge in [-0.25, -0.2) is 4.98 Å². The standard InChI is InChI=1S/C31H33N3O6.C30H32BrN7O3/c1-3-22-8-5-6-9-23(22)15-25(35)10-7-11-30(37)28-20-32(29-13-12-24(34(39)40)16-27(28)29)19-26(36)14-21-17-33(18-21)31(38)4-2;1-5-27(39)36-16-23(17-36)34(4)28(40)18-38-20(3)29(24-12-22(31)7-8-25(24)38)30(41)37-11-10-35(15-19(37)2)26-9-6-21(13-32)14-33-26/h4-6,8-9,12-13,16,20-21H,2-3,7,10-11,14-15,17-19H2,1H3;5-9,12,14,19,23H,1,10-11,15-18H2,2-4H3. The lowest BCUT2D eigenvalue weighted by Gasteiger charge is -2.43. The van der Waals surface area contributed by atoms with Crippen molar-refractivity contribution in [3.63, 3.8) is 0 Å². The Morgan fingerprint density at radius 2 is 1.54 bits per heavy atom. The molecule has 4 amide bonds. The van der Waals surface area contributed by atoms with E-state index in [-0.39, 0.29) is 90.6 Å². The molecular formula is C61H65BrN10O9. The number of likely N-dealkylation sites (tertiary alicyclic amines) is 2. The van der Waals surface area contributed by atoms with E-state index in [1.165, 1.54) is 24.3 Å². The topological polar surface area (TPSA) is 225 Å². The minimum absolute atomic E-state index is 0.0167. The van der Waals surface area contributed by atoms with Crippen LogP contribution in [-0.2, 0) is 49.9 Å². The number of anilines is 1. The number of likely N-dealkylation sites (N-methyl/N-ethyl adjacent to an activating group) is 1. The number of benzene rings is 3. The number of pyridine rings is 1. The molecule has 20 heteroatoms. The molecule has 3 saturated heterocycles. The summed E-state index contributed by atoms with van der Waals surface area (Å²) in [5.74, 6) is 0.194. The molecule has 1 atom stereocenters. The number of nitrogens with zero attached hydrogens (tertiary/aromatic N) is 10. The molecule has 420 valence electrons. The van der Waals surface area contributed by atoms with Gasteiger partial charge in [-0.2, -0.15) is 5.26 Å². The van der Waals surface area contributed by atoms with Crippen LogP contribution in [0.2, 0.25) is 0 Å². The number of non-ortho nitro benzene ring substituents is 1. The molecule has 0 radical (unpaired) electrons. The first kappa shape index (κ1) is 58.6. The van der Waals surface area contributed by atoms with Gasteiger partial charge >= 0.3 is 0 Å². The van der Waals surface area contributed by atoms with Gasteiger partial charge in [-0.05, 0) is 86.4 Å². The summed E-state index contributed by atoms with van der Waals surface area (Å²) in [6.07, 6.45) is 7.89. The number of ketones is 3. The van der Waals surface area contributed by atoms with E-state index in [1.54, 1.807) is 50.8 Å². The Bertz CT molecular complexity index is 3510. The third-order valence-corrected chi connectivity index (χ3v) is 16.1. The second-order valence-electron chi connectivity index (χ2n) is 20.9. The van der Waals surface area contributed by atoms with Gasteiger partial charge < -0.3 is 33.6 Å². The fourth-order valence-electron chi connectivity index (χ4n) is 10.9. The Balaban J connectivity index is 0.000000213. The van der Waals surface area contributed by atoms with Gasteiger partial charge in [0.2, 0.25) is 17.7 Å². The summed E-state index contributed by atoms with van der Waals surface area (Å²) < 4.78 is 4.43. The lowest BCUT2D eigenvalue weighted by atomic mass is 9.94. The molecule has 0 bridgehead atoms. The van der Waals surface area contributed by atoms with Crippen LogP contribution in [0.5, 0.6) is 0 Å². The van der Waals surface area contributed by atoms with Crippen molar-refractivity contribution >= 4 is 90.2 Å². The highest BCUT2D eigenvalue weighted by atomic mass is 79.9. The molecule has 0 N–H and O–H groups in total. The Hall–Kier alpha value is -8.57. The minimum Gasteiger partial charge on any atom is -0.353 e. The van der Waals surface area contributed by atoms with Crippen molar-refractivity contribution in [1.29, 1.82) is 5.26 Å². The van der Waals surface area contributed by atoms with E-state index < -0.39 is 4.92 Å². The zero-order valence-corrected chi connectivity index (χ0v) is 47.6. The Morgan fingerprint density at radius 3 is 2.19 bits per heavy atom. The van der Waals surface area contributed by atoms with Gasteiger partial charge in [0.1, 0.15) is 24.2 Å². The highest BCUT2D eigenvalue weighted by molar-refractivity contribution is 9.10. The SMILES string of the molecule is C=CC(=O)N1CC(CC(=O)Cn2cc(C(=O)CCCC(=O)Cc3ccccc3CC)c3cc([N+](=O)[O-])ccc32)C1.C=CC(=O)N1CC(N(C)C(=O)Cn2c(C)c(C(=O)N3CCN(c4ccc(C#N)cn4)CC3C)c3cc(Br)ccc32)C1. The molecule has 1 unspecified atom stereocenters. The minimum atomic E-state index is -0.518. The monoisotopic (exact) mass is 1160 g/mol. The molecule has 9 rings (SSSR count). The second-order valence-corrected chi connectivity index (χ2v) is 21.8. The number of hydrogen-bond donors (Lipinski definition) is 0. The third-order valence-electron chi connectivity index (χ3n) is 15.6. The molecule has 3 aromatic carbocycles. The number of carbonyl (C=O) groups excluding carboxylic acids is 7. The summed E-state index contributed by atoms with van der Waals surface area (Å²) in [4.78, 5) is 114. The van der Waals surface area contributed by atoms with Crippen LogP contribution in [0.1, 0.15) is 82.6 Å². The quantitative estimate of drug-likeness (QED) is 0.0306. The van der Waals surface area contributed by atoms with E-state index in [0.29, 0.717) is 92.7 Å². The molecular weight excluding hydrogens is 1100 g/mol. The van der Waals surface area contributed by atoms with Crippen LogP contribution in [0.15, 0.2) is 115 Å². The molecule has 19 nitrogen and oxygen atoms in total. The van der Waals surface area contributed by atoms with Crippen LogP contribution >= 0.6 is 15.9 Å². The summed E-state index contributed by atoms with van der Waals surface area (Å²) in [6, 6.07) is 23.4. The number of amides is 4. The van der Waals surface area contributed by atoms with Crippen molar-refractivity contribution < 1.29 is 38.5 Å². The predicted molar refractivity (Wildman–Crippen MR) is 311 cm³/mol. The number of hydrogen-bond acceptors (Lipinski definition) is 12. The first-order valence-electron chi connectivity index (χ1n) is 27.0. The number of fused-ring (bicyclic) bond motifs is 2. The van der Waals surface area contributed by atoms with Gasteiger partial charge in [-0.1, -0.05) is 60.3 Å². The van der Waals surface area contributed by atoms with Gasteiger partial charge in [0, 0.05) is 153 Å². The fraction of sp³-hybridized carbons (Fsp3) is 0.361. The van der Waals surface area contributed by atoms with E-state index in [9.17, 15) is 43.7 Å². The molecule has 0 saturated carbocycles. The molecule has 6 heterocycles. The Labute approximate surface area is 478 Å². The molecule has 81 heavy (non-hydrogen) atoms. The lowest BCUT2D eigenvalue weighted by Crippen LogP contribution is -2.61. The van der Waals surface area contributed by atoms with Gasteiger partial charge in [-0.15, -0.1) is 0 Å². The molecule has 3 aromatic heterocycles. The van der Waals surface area contributed by atoms with Crippen LogP contribution in [0, 0.1) is 34.3 Å². The molecule has 3 aliphatic heterocycles. The first-order valence-corrected chi connectivity index (χ1v) is 27.8. The van der Waals surface area contributed by atoms with Gasteiger partial charge in [0.15, 0.2) is 11.6 Å². The van der Waals surface area contributed by atoms with Crippen molar-refractivity contribution in [1.82, 2.24) is 33.7 Å². The number of Topliss-reactive ketones (excluding diaryl/α,β-unsaturated/α-hetero) is 3. The van der Waals surface area contributed by atoms with Crippen LogP contribution in [0.3, 0.4) is 0 Å². The highest BCUT2D eigenvalue weighted by Gasteiger charge is 2.36. The zero-order valence-electron chi connectivity index (χ0n) is 46.0. The van der Waals surface area contributed by atoms with Crippen LogP contribution in [-0.4, -0.2) is 145 Å². The van der Waals surface area contributed by atoms with E-state index in [4.69, 9.17) is 5.26 Å². The number of aromatic nitrogens is 3. The number of aryl methyl sites for hydroxylation is 1. The summed E-state index contributed by atoms with van der Waals surface area (Å²) in [5.41, 5.74) is 5.53. The molecule has 6 aromatic rings. The zero-order chi connectivity index (χ0) is 58.2. The molecule has 0 spiro atoms. The predicted octanol–water partition coefficient (Wildman–Crippen LogP) is 8.07. The van der Waals surface area contributed by atoms with Crippen molar-refractivity contribution in [3.05, 3.63) is 159 Å². The van der Waals surface area contributed by atoms with Crippen LogP contribution in [0.4, 0.5) is 11.5 Å². The second kappa shape index (κ2) is 25.7. The summed E-state index contributed by atoms with van der Waals surface area (Å²) in [5, 5.41) is 21.7. The van der Waals surface area contributed by atoms with E-state index in [2.05, 4.69) is 45.0 Å². The maximum absolute atomic E-state index is 14.1. The van der Waals surface area contributed by atoms with E-state index in [1.807, 2.05) is 78.8 Å². The van der Waals surface area contributed by atoms with Crippen molar-refractivity contribution in [2.75, 3.05) is 57.8 Å². The maximum Gasteiger partial charge on any atom is 0.270 e. The van der Waals surface area contributed by atoms with Crippen molar-refractivity contribution in [2.45, 2.75) is 84.5 Å². The number of carbonyl (C=O) groups is 7. The highest BCUT2D eigenvalue weighted by Crippen LogP contribution is 2.33. The number of nitriles is 1. The summed E-state index contributed by atoms with van der Waals surface area (Å²) in [7, 11) is 1.76. The Kier molecular flexibility index (Phi) is 18.6. The van der Waals surface area contributed by atoms with Gasteiger partial charge in [0.05, 0.1) is 28.6 Å². The first-order chi connectivity index (χ1) is 38.8. The largest absolute Gasteiger partial charge is 0.353 e. The summed E-state index contributed by atoms with van der Waals surface area (Å²) >= 11 is 3.55.